The van der Waals surface area contributed by atoms with E-state index in [2.05, 4.69) is 5.32 Å². The zero-order chi connectivity index (χ0) is 16.4. The highest BCUT2D eigenvalue weighted by molar-refractivity contribution is 6.28. The second-order valence-corrected chi connectivity index (χ2v) is 4.82. The van der Waals surface area contributed by atoms with Crippen LogP contribution in [0.5, 0.6) is 0 Å². The third-order valence-electron chi connectivity index (χ3n) is 3.28. The van der Waals surface area contributed by atoms with E-state index >= 15 is 0 Å². The number of carbonyl (C=O) groups is 2. The van der Waals surface area contributed by atoms with Gasteiger partial charge in [0.25, 0.3) is 11.6 Å². The van der Waals surface area contributed by atoms with Gasteiger partial charge < -0.3 is 5.32 Å². The highest BCUT2D eigenvalue weighted by Gasteiger charge is 2.34. The van der Waals surface area contributed by atoms with E-state index in [-0.39, 0.29) is 11.4 Å². The number of benzene rings is 2. The van der Waals surface area contributed by atoms with Crippen molar-refractivity contribution >= 4 is 29.4 Å². The Labute approximate surface area is 131 Å². The van der Waals surface area contributed by atoms with Gasteiger partial charge in [0.15, 0.2) is 0 Å². The Morgan fingerprint density at radius 1 is 1.04 bits per heavy atom. The highest BCUT2D eigenvalue weighted by atomic mass is 16.6. The number of anilines is 1. The van der Waals surface area contributed by atoms with Crippen LogP contribution in [-0.2, 0) is 4.79 Å². The van der Waals surface area contributed by atoms with Crippen LogP contribution < -0.4 is 10.2 Å². The molecule has 0 bridgehead atoms. The lowest BCUT2D eigenvalue weighted by molar-refractivity contribution is -0.384. The van der Waals surface area contributed by atoms with Gasteiger partial charge in [-0.15, -0.1) is 0 Å². The molecule has 7 heteroatoms. The number of hydrogen-bond acceptors (Lipinski definition) is 4. The van der Waals surface area contributed by atoms with Gasteiger partial charge in [-0.1, -0.05) is 30.3 Å². The van der Waals surface area contributed by atoms with E-state index in [1.807, 2.05) is 0 Å². The zero-order valence-electron chi connectivity index (χ0n) is 11.8. The third-order valence-corrected chi connectivity index (χ3v) is 3.28. The summed E-state index contributed by atoms with van der Waals surface area (Å²) in [6, 6.07) is 13.8. The average Bonchev–Trinajstić information content (AvgIpc) is 2.82. The van der Waals surface area contributed by atoms with Crippen molar-refractivity contribution in [1.29, 1.82) is 0 Å². The number of hydrogen-bond donors (Lipinski definition) is 1. The number of urea groups is 1. The molecule has 114 valence electrons. The maximum atomic E-state index is 12.4. The van der Waals surface area contributed by atoms with Gasteiger partial charge in [-0.3, -0.25) is 14.9 Å². The number of imide groups is 1. The molecular weight excluding hydrogens is 298 g/mol. The van der Waals surface area contributed by atoms with Crippen molar-refractivity contribution in [2.45, 2.75) is 0 Å². The van der Waals surface area contributed by atoms with Crippen LogP contribution in [0.15, 0.2) is 60.3 Å². The van der Waals surface area contributed by atoms with Crippen LogP contribution in [0.25, 0.3) is 6.08 Å². The van der Waals surface area contributed by atoms with Gasteiger partial charge in [-0.25, -0.2) is 9.69 Å². The van der Waals surface area contributed by atoms with Crippen LogP contribution in [0.4, 0.5) is 16.2 Å². The van der Waals surface area contributed by atoms with Crippen molar-refractivity contribution in [1.82, 2.24) is 5.32 Å². The van der Waals surface area contributed by atoms with E-state index < -0.39 is 16.9 Å². The summed E-state index contributed by atoms with van der Waals surface area (Å²) in [5.74, 6) is -0.507. The van der Waals surface area contributed by atoms with Crippen LogP contribution in [0.2, 0.25) is 0 Å². The quantitative estimate of drug-likeness (QED) is 0.408. The zero-order valence-corrected chi connectivity index (χ0v) is 11.8. The van der Waals surface area contributed by atoms with Crippen molar-refractivity contribution in [2.75, 3.05) is 4.90 Å². The summed E-state index contributed by atoms with van der Waals surface area (Å²) in [6.07, 6.45) is 1.41. The Bertz CT molecular complexity index is 830. The number of carbonyl (C=O) groups excluding carboxylic acids is 2. The molecule has 0 saturated carbocycles. The highest BCUT2D eigenvalue weighted by Crippen LogP contribution is 2.22. The molecular formula is C16H11N3O4. The fourth-order valence-electron chi connectivity index (χ4n) is 2.24. The minimum Gasteiger partial charge on any atom is -0.302 e. The smallest absolute Gasteiger partial charge is 0.302 e. The molecule has 0 aliphatic carbocycles. The lowest BCUT2D eigenvalue weighted by Crippen LogP contribution is -2.30. The first-order valence-electron chi connectivity index (χ1n) is 6.73. The summed E-state index contributed by atoms with van der Waals surface area (Å²) in [4.78, 5) is 35.7. The molecule has 1 N–H and O–H groups in total. The van der Waals surface area contributed by atoms with E-state index in [9.17, 15) is 19.7 Å². The molecule has 1 saturated heterocycles. The fourth-order valence-corrected chi connectivity index (χ4v) is 2.24. The number of nitro groups is 1. The lowest BCUT2D eigenvalue weighted by Gasteiger charge is -2.10. The second-order valence-electron chi connectivity index (χ2n) is 4.82. The summed E-state index contributed by atoms with van der Waals surface area (Å²) in [7, 11) is 0. The van der Waals surface area contributed by atoms with Crippen LogP contribution >= 0.6 is 0 Å². The van der Waals surface area contributed by atoms with Crippen molar-refractivity contribution < 1.29 is 14.5 Å². The third kappa shape index (κ3) is 2.80. The molecule has 0 aromatic heterocycles. The molecule has 1 aliphatic rings. The van der Waals surface area contributed by atoms with Gasteiger partial charge in [-0.05, 0) is 23.8 Å². The molecule has 0 unspecified atom stereocenters. The Morgan fingerprint density at radius 3 is 2.48 bits per heavy atom. The Morgan fingerprint density at radius 2 is 1.78 bits per heavy atom. The molecule has 0 radical (unpaired) electrons. The van der Waals surface area contributed by atoms with Crippen molar-refractivity contribution in [2.24, 2.45) is 0 Å². The maximum absolute atomic E-state index is 12.4. The van der Waals surface area contributed by atoms with Crippen LogP contribution in [0.3, 0.4) is 0 Å². The number of amides is 3. The first-order chi connectivity index (χ1) is 11.1. The predicted octanol–water partition coefficient (Wildman–Crippen LogP) is 2.69. The Hall–Kier alpha value is -3.48. The van der Waals surface area contributed by atoms with Gasteiger partial charge in [0.2, 0.25) is 0 Å². The molecule has 2 aromatic rings. The predicted molar refractivity (Wildman–Crippen MR) is 83.5 cm³/mol. The van der Waals surface area contributed by atoms with E-state index in [0.29, 0.717) is 11.3 Å². The first kappa shape index (κ1) is 14.5. The van der Waals surface area contributed by atoms with E-state index in [1.165, 1.54) is 24.3 Å². The molecule has 23 heavy (non-hydrogen) atoms. The maximum Gasteiger partial charge on any atom is 0.333 e. The van der Waals surface area contributed by atoms with Gasteiger partial charge in [0.05, 0.1) is 10.6 Å². The van der Waals surface area contributed by atoms with Gasteiger partial charge >= 0.3 is 6.03 Å². The molecule has 0 spiro atoms. The number of non-ortho nitro benzene ring substituents is 1. The van der Waals surface area contributed by atoms with Gasteiger partial charge in [0, 0.05) is 12.1 Å². The van der Waals surface area contributed by atoms with Crippen molar-refractivity contribution in [3.8, 4) is 0 Å². The second kappa shape index (κ2) is 5.72. The van der Waals surface area contributed by atoms with Crippen LogP contribution in [-0.4, -0.2) is 16.9 Å². The molecule has 1 aliphatic heterocycles. The Balaban J connectivity index is 1.93. The molecule has 1 heterocycles. The summed E-state index contributed by atoms with van der Waals surface area (Å²) in [6.45, 7) is 0. The van der Waals surface area contributed by atoms with Crippen molar-refractivity contribution in [3.63, 3.8) is 0 Å². The molecule has 3 rings (SSSR count). The lowest BCUT2D eigenvalue weighted by atomic mass is 10.1. The molecule has 2 aromatic carbocycles. The van der Waals surface area contributed by atoms with E-state index in [0.717, 1.165) is 4.90 Å². The summed E-state index contributed by atoms with van der Waals surface area (Å²) < 4.78 is 0. The van der Waals surface area contributed by atoms with Crippen molar-refractivity contribution in [3.05, 3.63) is 76.0 Å². The van der Waals surface area contributed by atoms with E-state index in [1.54, 1.807) is 36.4 Å². The summed E-state index contributed by atoms with van der Waals surface area (Å²) in [5, 5.41) is 13.3. The summed E-state index contributed by atoms with van der Waals surface area (Å²) >= 11 is 0. The summed E-state index contributed by atoms with van der Waals surface area (Å²) in [5.41, 5.74) is 0.894. The molecule has 1 fully saturated rings. The van der Waals surface area contributed by atoms with E-state index in [4.69, 9.17) is 0 Å². The number of rotatable bonds is 3. The fraction of sp³-hybridized carbons (Fsp3) is 0. The van der Waals surface area contributed by atoms with Gasteiger partial charge in [0.1, 0.15) is 5.70 Å². The first-order valence-corrected chi connectivity index (χ1v) is 6.73. The molecule has 7 nitrogen and oxygen atoms in total. The van der Waals surface area contributed by atoms with Gasteiger partial charge in [-0.2, -0.15) is 0 Å². The topological polar surface area (TPSA) is 92.5 Å². The number of nitrogens with one attached hydrogen (secondary N) is 1. The number of nitrogens with zero attached hydrogens (tertiary/aromatic N) is 2. The molecule has 0 atom stereocenters. The standard InChI is InChI=1S/C16H11N3O4/c20-15-14(10-11-5-4-8-13(9-11)19(22)23)17-16(21)18(15)12-6-2-1-3-7-12/h1-10H,(H,17,21)/b14-10-. The van der Waals surface area contributed by atoms with Crippen LogP contribution in [0, 0.1) is 10.1 Å². The number of para-hydroxylation sites is 1. The minimum absolute atomic E-state index is 0.0688. The Kier molecular flexibility index (Phi) is 3.60. The average molecular weight is 309 g/mol. The van der Waals surface area contributed by atoms with Crippen LogP contribution in [0.1, 0.15) is 5.56 Å². The number of nitro benzene ring substituents is 1. The minimum atomic E-state index is -0.558. The largest absolute Gasteiger partial charge is 0.333 e. The molecule has 3 amide bonds. The SMILES string of the molecule is O=C1N/C(=C\c2cccc([N+](=O)[O-])c2)C(=O)N1c1ccccc1. The monoisotopic (exact) mass is 309 g/mol. The normalized spacial score (nSPS) is 15.8.